The predicted molar refractivity (Wildman–Crippen MR) is 59.7 cm³/mol. The number of hydrogen-bond donors (Lipinski definition) is 1. The van der Waals surface area contributed by atoms with Crippen LogP contribution in [0.1, 0.15) is 33.6 Å². The van der Waals surface area contributed by atoms with Gasteiger partial charge in [-0.25, -0.2) is 0 Å². The van der Waals surface area contributed by atoms with E-state index >= 15 is 0 Å². The van der Waals surface area contributed by atoms with Crippen molar-refractivity contribution >= 4 is 0 Å². The van der Waals surface area contributed by atoms with Crippen LogP contribution in [-0.4, -0.2) is 39.0 Å². The smallest absolute Gasteiger partial charge is 0.0784 e. The van der Waals surface area contributed by atoms with Crippen LogP contribution in [0.2, 0.25) is 0 Å². The van der Waals surface area contributed by atoms with Crippen LogP contribution < -0.4 is 5.32 Å². The molecule has 0 aromatic carbocycles. The van der Waals surface area contributed by atoms with Gasteiger partial charge in [-0.15, -0.1) is 0 Å². The maximum atomic E-state index is 5.80. The summed E-state index contributed by atoms with van der Waals surface area (Å²) in [5, 5.41) is 3.37. The van der Waals surface area contributed by atoms with Crippen LogP contribution in [0.3, 0.4) is 0 Å². The van der Waals surface area contributed by atoms with Crippen molar-refractivity contribution in [3.63, 3.8) is 0 Å². The average Bonchev–Trinajstić information content (AvgIpc) is 2.17. The van der Waals surface area contributed by atoms with Crippen LogP contribution in [0.5, 0.6) is 0 Å². The van der Waals surface area contributed by atoms with E-state index in [1.165, 1.54) is 6.42 Å². The van der Waals surface area contributed by atoms with E-state index in [2.05, 4.69) is 19.2 Å². The van der Waals surface area contributed by atoms with E-state index in [-0.39, 0.29) is 6.10 Å². The van der Waals surface area contributed by atoms with Gasteiger partial charge in [0.15, 0.2) is 0 Å². The molecule has 0 spiro atoms. The van der Waals surface area contributed by atoms with Gasteiger partial charge in [0.05, 0.1) is 18.8 Å². The Hall–Kier alpha value is -0.120. The van der Waals surface area contributed by atoms with Crippen LogP contribution in [0.25, 0.3) is 0 Å². The first-order valence-corrected chi connectivity index (χ1v) is 5.59. The highest BCUT2D eigenvalue weighted by Gasteiger charge is 2.10. The van der Waals surface area contributed by atoms with Crippen LogP contribution in [0.4, 0.5) is 0 Å². The molecule has 0 aliphatic carbocycles. The molecule has 86 valence electrons. The van der Waals surface area contributed by atoms with Gasteiger partial charge in [-0.2, -0.15) is 0 Å². The fourth-order valence-electron chi connectivity index (χ4n) is 1.33. The van der Waals surface area contributed by atoms with Crippen LogP contribution in [-0.2, 0) is 9.47 Å². The fraction of sp³-hybridized carbons (Fsp3) is 1.00. The Morgan fingerprint density at radius 2 is 2.00 bits per heavy atom. The Bertz CT molecular complexity index is 120. The van der Waals surface area contributed by atoms with Crippen molar-refractivity contribution in [3.8, 4) is 0 Å². The molecule has 0 saturated heterocycles. The number of rotatable bonds is 9. The second-order valence-corrected chi connectivity index (χ2v) is 3.64. The standard InChI is InChI=1S/C11H25NO2/c1-5-7-12-8-11(6-2)14-10(3)9-13-4/h10-12H,5-9H2,1-4H3. The minimum atomic E-state index is 0.188. The highest BCUT2D eigenvalue weighted by atomic mass is 16.5. The Labute approximate surface area is 88.2 Å². The van der Waals surface area contributed by atoms with Gasteiger partial charge in [-0.05, 0) is 26.3 Å². The van der Waals surface area contributed by atoms with Crippen molar-refractivity contribution in [2.45, 2.75) is 45.8 Å². The van der Waals surface area contributed by atoms with E-state index in [0.29, 0.717) is 12.7 Å². The summed E-state index contributed by atoms with van der Waals surface area (Å²) < 4.78 is 10.8. The Kier molecular flexibility index (Phi) is 9.35. The molecule has 2 atom stereocenters. The summed E-state index contributed by atoms with van der Waals surface area (Å²) >= 11 is 0. The first kappa shape index (κ1) is 13.9. The minimum absolute atomic E-state index is 0.188. The van der Waals surface area contributed by atoms with Gasteiger partial charge in [-0.3, -0.25) is 0 Å². The summed E-state index contributed by atoms with van der Waals surface area (Å²) in [7, 11) is 1.70. The number of hydrogen-bond acceptors (Lipinski definition) is 3. The lowest BCUT2D eigenvalue weighted by Crippen LogP contribution is -2.33. The first-order chi connectivity index (χ1) is 6.74. The van der Waals surface area contributed by atoms with Crippen LogP contribution in [0, 0.1) is 0 Å². The van der Waals surface area contributed by atoms with E-state index in [1.54, 1.807) is 7.11 Å². The van der Waals surface area contributed by atoms with Crippen LogP contribution >= 0.6 is 0 Å². The lowest BCUT2D eigenvalue weighted by molar-refractivity contribution is -0.0388. The molecule has 0 rings (SSSR count). The molecule has 0 aromatic heterocycles. The molecule has 0 radical (unpaired) electrons. The third kappa shape index (κ3) is 7.30. The number of ether oxygens (including phenoxy) is 2. The zero-order valence-electron chi connectivity index (χ0n) is 10.0. The molecule has 0 aliphatic heterocycles. The van der Waals surface area contributed by atoms with Crippen LogP contribution in [0.15, 0.2) is 0 Å². The minimum Gasteiger partial charge on any atom is -0.382 e. The molecule has 0 heterocycles. The van der Waals surface area contributed by atoms with Gasteiger partial charge in [0.25, 0.3) is 0 Å². The van der Waals surface area contributed by atoms with E-state index in [0.717, 1.165) is 19.5 Å². The van der Waals surface area contributed by atoms with E-state index in [9.17, 15) is 0 Å². The molecular formula is C11H25NO2. The fourth-order valence-corrected chi connectivity index (χ4v) is 1.33. The zero-order chi connectivity index (χ0) is 10.8. The summed E-state index contributed by atoms with van der Waals surface area (Å²) in [5.74, 6) is 0. The Balaban J connectivity index is 3.55. The molecule has 0 aromatic rings. The van der Waals surface area contributed by atoms with Crippen molar-refractivity contribution < 1.29 is 9.47 Å². The quantitative estimate of drug-likeness (QED) is 0.580. The first-order valence-electron chi connectivity index (χ1n) is 5.59. The van der Waals surface area contributed by atoms with Gasteiger partial charge in [0.1, 0.15) is 0 Å². The lowest BCUT2D eigenvalue weighted by Gasteiger charge is -2.21. The van der Waals surface area contributed by atoms with Crippen molar-refractivity contribution in [1.29, 1.82) is 0 Å². The van der Waals surface area contributed by atoms with Crippen molar-refractivity contribution in [2.75, 3.05) is 26.8 Å². The predicted octanol–water partition coefficient (Wildman–Crippen LogP) is 1.82. The zero-order valence-corrected chi connectivity index (χ0v) is 10.0. The topological polar surface area (TPSA) is 30.5 Å². The highest BCUT2D eigenvalue weighted by Crippen LogP contribution is 2.02. The summed E-state index contributed by atoms with van der Waals surface area (Å²) in [5.41, 5.74) is 0. The van der Waals surface area contributed by atoms with Gasteiger partial charge >= 0.3 is 0 Å². The molecular weight excluding hydrogens is 178 g/mol. The molecule has 1 N–H and O–H groups in total. The normalized spacial score (nSPS) is 15.4. The number of methoxy groups -OCH3 is 1. The summed E-state index contributed by atoms with van der Waals surface area (Å²) in [4.78, 5) is 0. The molecule has 0 saturated carbocycles. The van der Waals surface area contributed by atoms with Gasteiger partial charge in [0.2, 0.25) is 0 Å². The molecule has 0 bridgehead atoms. The average molecular weight is 203 g/mol. The van der Waals surface area contributed by atoms with E-state index in [1.807, 2.05) is 6.92 Å². The maximum absolute atomic E-state index is 5.80. The Morgan fingerprint density at radius 1 is 1.29 bits per heavy atom. The largest absolute Gasteiger partial charge is 0.382 e. The van der Waals surface area contributed by atoms with E-state index < -0.39 is 0 Å². The van der Waals surface area contributed by atoms with Gasteiger partial charge in [0, 0.05) is 13.7 Å². The monoisotopic (exact) mass is 203 g/mol. The lowest BCUT2D eigenvalue weighted by atomic mass is 10.2. The third-order valence-electron chi connectivity index (χ3n) is 2.08. The second kappa shape index (κ2) is 9.44. The SMILES string of the molecule is CCCNCC(CC)OC(C)COC. The molecule has 3 nitrogen and oxygen atoms in total. The molecule has 0 fully saturated rings. The summed E-state index contributed by atoms with van der Waals surface area (Å²) in [6, 6.07) is 0. The molecule has 0 aliphatic rings. The second-order valence-electron chi connectivity index (χ2n) is 3.64. The Morgan fingerprint density at radius 3 is 2.50 bits per heavy atom. The molecule has 2 unspecified atom stereocenters. The van der Waals surface area contributed by atoms with Crippen molar-refractivity contribution in [2.24, 2.45) is 0 Å². The van der Waals surface area contributed by atoms with Gasteiger partial charge in [-0.1, -0.05) is 13.8 Å². The van der Waals surface area contributed by atoms with Crippen molar-refractivity contribution in [3.05, 3.63) is 0 Å². The molecule has 0 amide bonds. The third-order valence-corrected chi connectivity index (χ3v) is 2.08. The summed E-state index contributed by atoms with van der Waals surface area (Å²) in [6.45, 7) is 9.05. The maximum Gasteiger partial charge on any atom is 0.0784 e. The van der Waals surface area contributed by atoms with E-state index in [4.69, 9.17) is 9.47 Å². The highest BCUT2D eigenvalue weighted by molar-refractivity contribution is 4.62. The van der Waals surface area contributed by atoms with Gasteiger partial charge < -0.3 is 14.8 Å². The summed E-state index contributed by atoms with van der Waals surface area (Å²) in [6.07, 6.45) is 2.72. The van der Waals surface area contributed by atoms with Crippen molar-refractivity contribution in [1.82, 2.24) is 5.32 Å². The molecule has 14 heavy (non-hydrogen) atoms. The number of nitrogens with one attached hydrogen (secondary N) is 1. The molecule has 3 heteroatoms.